The summed E-state index contributed by atoms with van der Waals surface area (Å²) in [5.74, 6) is 0.0611. The summed E-state index contributed by atoms with van der Waals surface area (Å²) in [6.45, 7) is 0.828. The van der Waals surface area contributed by atoms with Crippen LogP contribution < -0.4 is 14.8 Å². The molecule has 146 valence electrons. The molecule has 1 N–H and O–H groups in total. The van der Waals surface area contributed by atoms with Crippen molar-refractivity contribution in [1.29, 1.82) is 0 Å². The Morgan fingerprint density at radius 2 is 1.93 bits per heavy atom. The number of anilines is 1. The maximum absolute atomic E-state index is 12.6. The summed E-state index contributed by atoms with van der Waals surface area (Å²) in [5, 5.41) is 4.65. The predicted molar refractivity (Wildman–Crippen MR) is 102 cm³/mol. The molecular weight excluding hydrogens is 388 g/mol. The number of amides is 1. The van der Waals surface area contributed by atoms with Crippen molar-refractivity contribution < 1.29 is 23.0 Å². The van der Waals surface area contributed by atoms with Crippen LogP contribution >= 0.6 is 11.3 Å². The molecule has 0 bridgehead atoms. The van der Waals surface area contributed by atoms with Crippen LogP contribution in [0.25, 0.3) is 11.3 Å². The van der Waals surface area contributed by atoms with E-state index in [2.05, 4.69) is 20.0 Å². The number of rotatable bonds is 7. The Bertz CT molecular complexity index is 946. The van der Waals surface area contributed by atoms with Crippen LogP contribution in [0.4, 0.5) is 13.9 Å². The molecule has 0 aliphatic carbocycles. The Labute approximate surface area is 164 Å². The molecule has 28 heavy (non-hydrogen) atoms. The Balaban J connectivity index is 1.72. The highest BCUT2D eigenvalue weighted by Gasteiger charge is 2.15. The van der Waals surface area contributed by atoms with Crippen molar-refractivity contribution in [1.82, 2.24) is 9.97 Å². The summed E-state index contributed by atoms with van der Waals surface area (Å²) >= 11 is 1.18. The summed E-state index contributed by atoms with van der Waals surface area (Å²) in [6.07, 6.45) is 1.39. The number of carbonyl (C=O) groups is 1. The largest absolute Gasteiger partial charge is 0.475 e. The lowest BCUT2D eigenvalue weighted by Gasteiger charge is -2.09. The van der Waals surface area contributed by atoms with Gasteiger partial charge in [-0.15, -0.1) is 11.3 Å². The van der Waals surface area contributed by atoms with Gasteiger partial charge in [0.15, 0.2) is 5.13 Å². The molecule has 0 fully saturated rings. The standard InChI is InChI=1S/C19H17F2N3O3S/c1-11(2)26-16-8-7-12(9-22-16)17(25)24-19-23-14(10-28-19)13-5-3-4-6-15(13)27-18(20)21/h3-11,18H,1-2H3,(H,23,24,25). The van der Waals surface area contributed by atoms with E-state index in [0.717, 1.165) is 0 Å². The number of alkyl halides is 2. The molecule has 1 amide bonds. The van der Waals surface area contributed by atoms with Gasteiger partial charge in [-0.25, -0.2) is 9.97 Å². The number of aromatic nitrogens is 2. The van der Waals surface area contributed by atoms with Gasteiger partial charge in [0, 0.05) is 23.2 Å². The lowest BCUT2D eigenvalue weighted by molar-refractivity contribution is -0.0494. The van der Waals surface area contributed by atoms with Gasteiger partial charge in [0.05, 0.1) is 17.4 Å². The van der Waals surface area contributed by atoms with Crippen molar-refractivity contribution in [3.05, 3.63) is 53.5 Å². The second kappa shape index (κ2) is 8.75. The summed E-state index contributed by atoms with van der Waals surface area (Å²) in [5.41, 5.74) is 1.18. The van der Waals surface area contributed by atoms with Gasteiger partial charge in [-0.3, -0.25) is 10.1 Å². The number of benzene rings is 1. The third-order valence-corrected chi connectivity index (χ3v) is 4.22. The van der Waals surface area contributed by atoms with Crippen LogP contribution in [0.15, 0.2) is 48.0 Å². The van der Waals surface area contributed by atoms with Crippen molar-refractivity contribution in [3.8, 4) is 22.9 Å². The average Bonchev–Trinajstić information content (AvgIpc) is 3.10. The zero-order valence-electron chi connectivity index (χ0n) is 15.1. The summed E-state index contributed by atoms with van der Waals surface area (Å²) in [6, 6.07) is 9.55. The Hall–Kier alpha value is -3.07. The molecule has 0 atom stereocenters. The maximum Gasteiger partial charge on any atom is 0.387 e. The van der Waals surface area contributed by atoms with Crippen molar-refractivity contribution in [3.63, 3.8) is 0 Å². The van der Waals surface area contributed by atoms with Crippen molar-refractivity contribution in [2.24, 2.45) is 0 Å². The van der Waals surface area contributed by atoms with Crippen molar-refractivity contribution in [2.45, 2.75) is 26.6 Å². The smallest absolute Gasteiger partial charge is 0.387 e. The Kier molecular flexibility index (Phi) is 6.15. The fraction of sp³-hybridized carbons (Fsp3) is 0.211. The highest BCUT2D eigenvalue weighted by atomic mass is 32.1. The number of nitrogens with zero attached hydrogens (tertiary/aromatic N) is 2. The number of hydrogen-bond donors (Lipinski definition) is 1. The molecule has 3 aromatic rings. The minimum absolute atomic E-state index is 0.0159. The lowest BCUT2D eigenvalue weighted by Crippen LogP contribution is -2.13. The molecule has 2 heterocycles. The number of pyridine rings is 1. The number of ether oxygens (including phenoxy) is 2. The van der Waals surface area contributed by atoms with Crippen LogP contribution in [0.2, 0.25) is 0 Å². The maximum atomic E-state index is 12.6. The number of halogens is 2. The van der Waals surface area contributed by atoms with Gasteiger partial charge >= 0.3 is 6.61 Å². The van der Waals surface area contributed by atoms with Crippen LogP contribution in [0.5, 0.6) is 11.6 Å². The van der Waals surface area contributed by atoms with Crippen molar-refractivity contribution in [2.75, 3.05) is 5.32 Å². The minimum Gasteiger partial charge on any atom is -0.475 e. The van der Waals surface area contributed by atoms with Gasteiger partial charge in [0.25, 0.3) is 5.91 Å². The van der Waals surface area contributed by atoms with E-state index in [0.29, 0.717) is 27.8 Å². The third kappa shape index (κ3) is 5.01. The van der Waals surface area contributed by atoms with E-state index in [-0.39, 0.29) is 17.8 Å². The zero-order chi connectivity index (χ0) is 20.1. The van der Waals surface area contributed by atoms with E-state index in [9.17, 15) is 13.6 Å². The lowest BCUT2D eigenvalue weighted by atomic mass is 10.1. The first-order valence-electron chi connectivity index (χ1n) is 8.36. The van der Waals surface area contributed by atoms with Crippen LogP contribution in [-0.4, -0.2) is 28.6 Å². The molecule has 0 radical (unpaired) electrons. The predicted octanol–water partition coefficient (Wildman–Crippen LogP) is 4.85. The van der Waals surface area contributed by atoms with Gasteiger partial charge < -0.3 is 9.47 Å². The second-order valence-electron chi connectivity index (χ2n) is 5.92. The molecule has 3 rings (SSSR count). The normalized spacial score (nSPS) is 10.9. The summed E-state index contributed by atoms with van der Waals surface area (Å²) in [7, 11) is 0. The zero-order valence-corrected chi connectivity index (χ0v) is 15.9. The van der Waals surface area contributed by atoms with Gasteiger partial charge in [-0.05, 0) is 32.0 Å². The van der Waals surface area contributed by atoms with E-state index in [1.807, 2.05) is 13.8 Å². The quantitative estimate of drug-likeness (QED) is 0.609. The number of nitrogens with one attached hydrogen (secondary N) is 1. The first kappa shape index (κ1) is 19.7. The highest BCUT2D eigenvalue weighted by Crippen LogP contribution is 2.33. The monoisotopic (exact) mass is 405 g/mol. The summed E-state index contributed by atoms with van der Waals surface area (Å²) in [4.78, 5) is 20.7. The molecule has 9 heteroatoms. The molecule has 0 saturated carbocycles. The molecular formula is C19H17F2N3O3S. The SMILES string of the molecule is CC(C)Oc1ccc(C(=O)Nc2nc(-c3ccccc3OC(F)F)cs2)cn1. The van der Waals surface area contributed by atoms with Gasteiger partial charge in [0.2, 0.25) is 5.88 Å². The Morgan fingerprint density at radius 3 is 2.61 bits per heavy atom. The Morgan fingerprint density at radius 1 is 1.14 bits per heavy atom. The van der Waals surface area contributed by atoms with E-state index < -0.39 is 6.61 Å². The minimum atomic E-state index is -2.94. The first-order chi connectivity index (χ1) is 13.4. The van der Waals surface area contributed by atoms with Crippen LogP contribution in [-0.2, 0) is 0 Å². The van der Waals surface area contributed by atoms with Crippen molar-refractivity contribution >= 4 is 22.4 Å². The third-order valence-electron chi connectivity index (χ3n) is 3.46. The molecule has 2 aromatic heterocycles. The van der Waals surface area contributed by atoms with Gasteiger partial charge in [-0.2, -0.15) is 8.78 Å². The van der Waals surface area contributed by atoms with Crippen LogP contribution in [0.1, 0.15) is 24.2 Å². The fourth-order valence-electron chi connectivity index (χ4n) is 2.33. The van der Waals surface area contributed by atoms with Gasteiger partial charge in [-0.1, -0.05) is 12.1 Å². The number of carbonyl (C=O) groups excluding carboxylic acids is 1. The molecule has 0 spiro atoms. The van der Waals surface area contributed by atoms with E-state index >= 15 is 0 Å². The highest BCUT2D eigenvalue weighted by molar-refractivity contribution is 7.14. The van der Waals surface area contributed by atoms with E-state index in [4.69, 9.17) is 4.74 Å². The van der Waals surface area contributed by atoms with Crippen LogP contribution in [0.3, 0.4) is 0 Å². The molecule has 0 unspecified atom stereocenters. The molecule has 0 saturated heterocycles. The molecule has 1 aromatic carbocycles. The average molecular weight is 405 g/mol. The second-order valence-corrected chi connectivity index (χ2v) is 6.78. The van der Waals surface area contributed by atoms with E-state index in [1.165, 1.54) is 23.6 Å². The number of hydrogen-bond acceptors (Lipinski definition) is 6. The molecule has 6 nitrogen and oxygen atoms in total. The topological polar surface area (TPSA) is 73.3 Å². The fourth-order valence-corrected chi connectivity index (χ4v) is 3.03. The first-order valence-corrected chi connectivity index (χ1v) is 9.24. The van der Waals surface area contributed by atoms with E-state index in [1.54, 1.807) is 35.7 Å². The van der Waals surface area contributed by atoms with Crippen LogP contribution in [0, 0.1) is 0 Å². The molecule has 0 aliphatic rings. The number of thiazole rings is 1. The van der Waals surface area contributed by atoms with Gasteiger partial charge in [0.1, 0.15) is 5.75 Å². The molecule has 0 aliphatic heterocycles. The summed E-state index contributed by atoms with van der Waals surface area (Å²) < 4.78 is 35.1. The number of para-hydroxylation sites is 1.